The smallest absolute Gasteiger partial charge is 0.264 e. The Kier molecular flexibility index (Phi) is 5.02. The Balaban J connectivity index is 2.31. The lowest BCUT2D eigenvalue weighted by molar-refractivity contribution is -0.121. The van der Waals surface area contributed by atoms with Crippen LogP contribution in [0.15, 0.2) is 35.6 Å². The molecule has 130 valence electrons. The summed E-state index contributed by atoms with van der Waals surface area (Å²) in [4.78, 5) is 24.8. The van der Waals surface area contributed by atoms with Gasteiger partial charge in [0.15, 0.2) is 0 Å². The fourth-order valence-electron chi connectivity index (χ4n) is 3.23. The van der Waals surface area contributed by atoms with Crippen LogP contribution in [0.5, 0.6) is 0 Å². The van der Waals surface area contributed by atoms with Crippen LogP contribution < -0.4 is 10.6 Å². The Morgan fingerprint density at radius 2 is 1.88 bits per heavy atom. The molecule has 0 aromatic heterocycles. The van der Waals surface area contributed by atoms with E-state index in [-0.39, 0.29) is 23.2 Å². The zero-order valence-electron chi connectivity index (χ0n) is 14.9. The van der Waals surface area contributed by atoms with E-state index in [0.29, 0.717) is 12.1 Å². The normalized spacial score (nSPS) is 20.7. The summed E-state index contributed by atoms with van der Waals surface area (Å²) in [5.41, 5.74) is 0.546. The molecule has 0 aliphatic carbocycles. The standard InChI is InChI=1S/C19H26N2O3/c1-11(2)10-19(5)16(22)15(18(24)21-19)17(23)20-14-9-7-6-8-13(14)12(3)4/h6-9,11-12,22H,10H2,1-5H3,(H,20,23)(H,21,24). The second-order valence-electron chi connectivity index (χ2n) is 7.30. The van der Waals surface area contributed by atoms with Gasteiger partial charge in [0.25, 0.3) is 11.8 Å². The predicted octanol–water partition coefficient (Wildman–Crippen LogP) is 3.50. The van der Waals surface area contributed by atoms with Crippen LogP contribution >= 0.6 is 0 Å². The molecule has 1 aliphatic heterocycles. The third-order valence-electron chi connectivity index (χ3n) is 4.25. The van der Waals surface area contributed by atoms with Gasteiger partial charge in [0, 0.05) is 5.69 Å². The lowest BCUT2D eigenvalue weighted by atomic mass is 9.89. The van der Waals surface area contributed by atoms with Crippen molar-refractivity contribution in [1.29, 1.82) is 0 Å². The van der Waals surface area contributed by atoms with Crippen LogP contribution in [-0.2, 0) is 9.59 Å². The Morgan fingerprint density at radius 1 is 1.25 bits per heavy atom. The molecular formula is C19H26N2O3. The number of carbonyl (C=O) groups excluding carboxylic acids is 2. The van der Waals surface area contributed by atoms with Crippen molar-refractivity contribution in [2.45, 2.75) is 52.5 Å². The lowest BCUT2D eigenvalue weighted by Crippen LogP contribution is -2.42. The molecule has 0 bridgehead atoms. The van der Waals surface area contributed by atoms with E-state index in [4.69, 9.17) is 0 Å². The first-order valence-corrected chi connectivity index (χ1v) is 8.32. The summed E-state index contributed by atoms with van der Waals surface area (Å²) in [6, 6.07) is 7.47. The molecule has 1 aliphatic rings. The van der Waals surface area contributed by atoms with Crippen molar-refractivity contribution in [3.8, 4) is 0 Å². The summed E-state index contributed by atoms with van der Waals surface area (Å²) in [6.07, 6.45) is 0.559. The van der Waals surface area contributed by atoms with E-state index in [1.165, 1.54) is 0 Å². The number of aliphatic hydroxyl groups is 1. The van der Waals surface area contributed by atoms with E-state index in [1.807, 2.05) is 45.9 Å². The molecule has 1 unspecified atom stereocenters. The molecule has 5 heteroatoms. The van der Waals surface area contributed by atoms with Crippen molar-refractivity contribution in [3.63, 3.8) is 0 Å². The minimum absolute atomic E-state index is 0.180. The average molecular weight is 330 g/mol. The van der Waals surface area contributed by atoms with Crippen molar-refractivity contribution >= 4 is 17.5 Å². The van der Waals surface area contributed by atoms with Gasteiger partial charge in [0.2, 0.25) is 0 Å². The monoisotopic (exact) mass is 330 g/mol. The van der Waals surface area contributed by atoms with Crippen LogP contribution in [0.3, 0.4) is 0 Å². The number of benzene rings is 1. The zero-order chi connectivity index (χ0) is 18.1. The Hall–Kier alpha value is -2.30. The molecule has 3 N–H and O–H groups in total. The van der Waals surface area contributed by atoms with E-state index in [9.17, 15) is 14.7 Å². The van der Waals surface area contributed by atoms with Crippen molar-refractivity contribution in [2.75, 3.05) is 5.32 Å². The third-order valence-corrected chi connectivity index (χ3v) is 4.25. The molecule has 1 aromatic carbocycles. The van der Waals surface area contributed by atoms with Gasteiger partial charge in [-0.25, -0.2) is 0 Å². The highest BCUT2D eigenvalue weighted by Gasteiger charge is 2.44. The number of anilines is 1. The topological polar surface area (TPSA) is 78.4 Å². The number of rotatable bonds is 5. The van der Waals surface area contributed by atoms with Gasteiger partial charge in [-0.3, -0.25) is 9.59 Å². The molecule has 24 heavy (non-hydrogen) atoms. The van der Waals surface area contributed by atoms with Crippen LogP contribution in [-0.4, -0.2) is 22.5 Å². The summed E-state index contributed by atoms with van der Waals surface area (Å²) >= 11 is 0. The minimum Gasteiger partial charge on any atom is -0.509 e. The van der Waals surface area contributed by atoms with Crippen molar-refractivity contribution in [3.05, 3.63) is 41.2 Å². The van der Waals surface area contributed by atoms with Crippen molar-refractivity contribution in [1.82, 2.24) is 5.32 Å². The van der Waals surface area contributed by atoms with E-state index < -0.39 is 17.4 Å². The number of aliphatic hydroxyl groups excluding tert-OH is 1. The summed E-state index contributed by atoms with van der Waals surface area (Å²) in [5.74, 6) is -0.796. The number of para-hydroxylation sites is 1. The number of hydrogen-bond acceptors (Lipinski definition) is 3. The van der Waals surface area contributed by atoms with Crippen LogP contribution in [0.4, 0.5) is 5.69 Å². The zero-order valence-corrected chi connectivity index (χ0v) is 14.9. The molecule has 5 nitrogen and oxygen atoms in total. The first kappa shape index (κ1) is 18.0. The maximum atomic E-state index is 12.6. The Labute approximate surface area is 143 Å². The van der Waals surface area contributed by atoms with Crippen LogP contribution in [0.25, 0.3) is 0 Å². The number of amides is 2. The molecule has 1 aromatic rings. The van der Waals surface area contributed by atoms with Gasteiger partial charge in [-0.2, -0.15) is 0 Å². The highest BCUT2D eigenvalue weighted by molar-refractivity contribution is 6.25. The average Bonchev–Trinajstić information content (AvgIpc) is 2.67. The first-order valence-electron chi connectivity index (χ1n) is 8.32. The van der Waals surface area contributed by atoms with Gasteiger partial charge in [0.1, 0.15) is 11.3 Å². The highest BCUT2D eigenvalue weighted by Crippen LogP contribution is 2.32. The second-order valence-corrected chi connectivity index (χ2v) is 7.30. The summed E-state index contributed by atoms with van der Waals surface area (Å²) < 4.78 is 0. The molecule has 2 amide bonds. The SMILES string of the molecule is CC(C)CC1(C)NC(=O)C(C(=O)Nc2ccccc2C(C)C)=C1O. The second kappa shape index (κ2) is 6.67. The van der Waals surface area contributed by atoms with Crippen molar-refractivity contribution in [2.24, 2.45) is 5.92 Å². The first-order chi connectivity index (χ1) is 11.2. The molecule has 0 spiro atoms. The highest BCUT2D eigenvalue weighted by atomic mass is 16.3. The van der Waals surface area contributed by atoms with E-state index in [0.717, 1.165) is 5.56 Å². The van der Waals surface area contributed by atoms with Gasteiger partial charge in [-0.15, -0.1) is 0 Å². The molecular weight excluding hydrogens is 304 g/mol. The van der Waals surface area contributed by atoms with Gasteiger partial charge < -0.3 is 15.7 Å². The van der Waals surface area contributed by atoms with Gasteiger partial charge in [0.05, 0.1) is 5.54 Å². The van der Waals surface area contributed by atoms with Gasteiger partial charge in [-0.1, -0.05) is 45.9 Å². The van der Waals surface area contributed by atoms with E-state index in [1.54, 1.807) is 13.0 Å². The molecule has 1 atom stereocenters. The number of nitrogens with one attached hydrogen (secondary N) is 2. The molecule has 0 saturated heterocycles. The molecule has 1 heterocycles. The largest absolute Gasteiger partial charge is 0.509 e. The Morgan fingerprint density at radius 3 is 2.46 bits per heavy atom. The quantitative estimate of drug-likeness (QED) is 0.723. The molecule has 0 radical (unpaired) electrons. The fraction of sp³-hybridized carbons (Fsp3) is 0.474. The van der Waals surface area contributed by atoms with Crippen LogP contribution in [0, 0.1) is 5.92 Å². The summed E-state index contributed by atoms with van der Waals surface area (Å²) in [5, 5.41) is 16.0. The number of carbonyl (C=O) groups is 2. The van der Waals surface area contributed by atoms with E-state index >= 15 is 0 Å². The number of hydrogen-bond donors (Lipinski definition) is 3. The lowest BCUT2D eigenvalue weighted by Gasteiger charge is -2.26. The fourth-order valence-corrected chi connectivity index (χ4v) is 3.23. The van der Waals surface area contributed by atoms with Gasteiger partial charge in [-0.05, 0) is 36.8 Å². The van der Waals surface area contributed by atoms with Crippen LogP contribution in [0.2, 0.25) is 0 Å². The van der Waals surface area contributed by atoms with Crippen LogP contribution in [0.1, 0.15) is 52.5 Å². The third kappa shape index (κ3) is 3.45. The maximum absolute atomic E-state index is 12.6. The summed E-state index contributed by atoms with van der Waals surface area (Å²) in [6.45, 7) is 9.80. The van der Waals surface area contributed by atoms with Crippen molar-refractivity contribution < 1.29 is 14.7 Å². The molecule has 0 fully saturated rings. The maximum Gasteiger partial charge on any atom is 0.264 e. The van der Waals surface area contributed by atoms with E-state index in [2.05, 4.69) is 10.6 Å². The van der Waals surface area contributed by atoms with Gasteiger partial charge >= 0.3 is 0 Å². The Bertz CT molecular complexity index is 692. The minimum atomic E-state index is -0.893. The molecule has 2 rings (SSSR count). The summed E-state index contributed by atoms with van der Waals surface area (Å²) in [7, 11) is 0. The predicted molar refractivity (Wildman–Crippen MR) is 94.8 cm³/mol. The molecule has 0 saturated carbocycles.